The van der Waals surface area contributed by atoms with E-state index in [1.54, 1.807) is 0 Å². The minimum absolute atomic E-state index is 0.810. The third kappa shape index (κ3) is 2.75. The largest absolute Gasteiger partial charge is 0.312 e. The smallest absolute Gasteiger partial charge is 0.0252 e. The SMILES string of the molecule is CC1CCC(N2CCCCC2C2CCCN2)CC1. The van der Waals surface area contributed by atoms with Crippen LogP contribution in [-0.2, 0) is 0 Å². The first-order valence-corrected chi connectivity index (χ1v) is 8.34. The molecule has 0 aromatic heterocycles. The van der Waals surface area contributed by atoms with Gasteiger partial charge < -0.3 is 5.32 Å². The van der Waals surface area contributed by atoms with Gasteiger partial charge in [-0.15, -0.1) is 0 Å². The van der Waals surface area contributed by atoms with Crippen LogP contribution in [0.4, 0.5) is 0 Å². The van der Waals surface area contributed by atoms with Gasteiger partial charge in [-0.05, 0) is 70.4 Å². The van der Waals surface area contributed by atoms with Gasteiger partial charge in [-0.3, -0.25) is 4.90 Å². The van der Waals surface area contributed by atoms with E-state index in [-0.39, 0.29) is 0 Å². The number of likely N-dealkylation sites (tertiary alicyclic amines) is 1. The standard InChI is InChI=1S/C16H30N2/c1-13-7-9-14(10-8-13)18-12-3-2-6-16(18)15-5-4-11-17-15/h13-17H,2-12H2,1H3. The van der Waals surface area contributed by atoms with Crippen molar-refractivity contribution >= 4 is 0 Å². The molecule has 0 bridgehead atoms. The molecule has 2 heterocycles. The molecule has 2 saturated heterocycles. The van der Waals surface area contributed by atoms with Crippen molar-refractivity contribution < 1.29 is 0 Å². The van der Waals surface area contributed by atoms with E-state index in [0.717, 1.165) is 24.0 Å². The average molecular weight is 250 g/mol. The molecule has 3 fully saturated rings. The van der Waals surface area contributed by atoms with E-state index in [9.17, 15) is 0 Å². The highest BCUT2D eigenvalue weighted by Gasteiger charge is 2.36. The molecule has 2 heteroatoms. The maximum absolute atomic E-state index is 3.76. The summed E-state index contributed by atoms with van der Waals surface area (Å²) in [5.41, 5.74) is 0. The molecule has 3 rings (SSSR count). The molecule has 2 unspecified atom stereocenters. The Bertz CT molecular complexity index is 252. The number of hydrogen-bond acceptors (Lipinski definition) is 2. The zero-order valence-corrected chi connectivity index (χ0v) is 12.0. The maximum atomic E-state index is 3.76. The molecule has 1 N–H and O–H groups in total. The lowest BCUT2D eigenvalue weighted by atomic mass is 9.83. The average Bonchev–Trinajstić information content (AvgIpc) is 2.93. The van der Waals surface area contributed by atoms with Gasteiger partial charge in [0.1, 0.15) is 0 Å². The van der Waals surface area contributed by atoms with Crippen LogP contribution in [-0.4, -0.2) is 36.1 Å². The van der Waals surface area contributed by atoms with Crippen molar-refractivity contribution in [2.75, 3.05) is 13.1 Å². The van der Waals surface area contributed by atoms with Crippen LogP contribution in [0.5, 0.6) is 0 Å². The van der Waals surface area contributed by atoms with Crippen LogP contribution in [0.1, 0.15) is 64.7 Å². The summed E-state index contributed by atoms with van der Waals surface area (Å²) in [5, 5.41) is 3.76. The van der Waals surface area contributed by atoms with Crippen LogP contribution < -0.4 is 5.32 Å². The molecule has 0 aromatic carbocycles. The van der Waals surface area contributed by atoms with Crippen LogP contribution in [0.15, 0.2) is 0 Å². The molecule has 2 nitrogen and oxygen atoms in total. The first-order valence-electron chi connectivity index (χ1n) is 8.34. The Hall–Kier alpha value is -0.0800. The van der Waals surface area contributed by atoms with Gasteiger partial charge in [0, 0.05) is 18.1 Å². The zero-order valence-electron chi connectivity index (χ0n) is 12.0. The lowest BCUT2D eigenvalue weighted by molar-refractivity contribution is 0.0478. The van der Waals surface area contributed by atoms with E-state index in [0.29, 0.717) is 0 Å². The molecule has 104 valence electrons. The molecule has 0 amide bonds. The van der Waals surface area contributed by atoms with E-state index >= 15 is 0 Å². The van der Waals surface area contributed by atoms with Crippen LogP contribution in [0.3, 0.4) is 0 Å². The summed E-state index contributed by atoms with van der Waals surface area (Å²) in [6.45, 7) is 5.07. The number of nitrogens with zero attached hydrogens (tertiary/aromatic N) is 1. The summed E-state index contributed by atoms with van der Waals surface area (Å²) in [5.74, 6) is 0.981. The zero-order chi connectivity index (χ0) is 12.4. The predicted octanol–water partition coefficient (Wildman–Crippen LogP) is 3.17. The van der Waals surface area contributed by atoms with Gasteiger partial charge in [0.2, 0.25) is 0 Å². The van der Waals surface area contributed by atoms with E-state index in [2.05, 4.69) is 17.1 Å². The Morgan fingerprint density at radius 2 is 1.72 bits per heavy atom. The molecular formula is C16H30N2. The Morgan fingerprint density at radius 1 is 0.889 bits per heavy atom. The number of hydrogen-bond donors (Lipinski definition) is 1. The highest BCUT2D eigenvalue weighted by molar-refractivity contribution is 4.94. The lowest BCUT2D eigenvalue weighted by Crippen LogP contribution is -2.54. The van der Waals surface area contributed by atoms with Crippen molar-refractivity contribution in [2.45, 2.75) is 82.8 Å². The Morgan fingerprint density at radius 3 is 2.44 bits per heavy atom. The molecule has 0 radical (unpaired) electrons. The fourth-order valence-corrected chi connectivity index (χ4v) is 4.48. The molecule has 3 aliphatic rings. The molecule has 0 spiro atoms. The summed E-state index contributed by atoms with van der Waals surface area (Å²) in [4.78, 5) is 2.92. The molecular weight excluding hydrogens is 220 g/mol. The second kappa shape index (κ2) is 5.92. The summed E-state index contributed by atoms with van der Waals surface area (Å²) in [6, 6.07) is 2.58. The normalized spacial score (nSPS) is 43.2. The third-order valence-corrected chi connectivity index (χ3v) is 5.61. The van der Waals surface area contributed by atoms with Crippen molar-refractivity contribution in [1.82, 2.24) is 10.2 Å². The van der Waals surface area contributed by atoms with Crippen LogP contribution in [0, 0.1) is 5.92 Å². The van der Waals surface area contributed by atoms with Gasteiger partial charge in [0.05, 0.1) is 0 Å². The second-order valence-corrected chi connectivity index (χ2v) is 6.92. The van der Waals surface area contributed by atoms with Crippen LogP contribution in [0.25, 0.3) is 0 Å². The van der Waals surface area contributed by atoms with Gasteiger partial charge in [-0.2, -0.15) is 0 Å². The molecule has 2 aliphatic heterocycles. The van der Waals surface area contributed by atoms with E-state index in [1.807, 2.05) is 0 Å². The van der Waals surface area contributed by atoms with Crippen molar-refractivity contribution in [1.29, 1.82) is 0 Å². The highest BCUT2D eigenvalue weighted by Crippen LogP contribution is 2.33. The monoisotopic (exact) mass is 250 g/mol. The Kier molecular flexibility index (Phi) is 4.25. The summed E-state index contributed by atoms with van der Waals surface area (Å²) in [6.07, 6.45) is 13.0. The van der Waals surface area contributed by atoms with Crippen molar-refractivity contribution in [2.24, 2.45) is 5.92 Å². The van der Waals surface area contributed by atoms with Crippen molar-refractivity contribution in [3.05, 3.63) is 0 Å². The number of nitrogens with one attached hydrogen (secondary N) is 1. The summed E-state index contributed by atoms with van der Waals surface area (Å²) in [7, 11) is 0. The lowest BCUT2D eigenvalue weighted by Gasteiger charge is -2.46. The van der Waals surface area contributed by atoms with E-state index in [4.69, 9.17) is 0 Å². The molecule has 2 atom stereocenters. The van der Waals surface area contributed by atoms with Crippen molar-refractivity contribution in [3.63, 3.8) is 0 Å². The Balaban J connectivity index is 1.63. The molecule has 1 aliphatic carbocycles. The quantitative estimate of drug-likeness (QED) is 0.810. The summed E-state index contributed by atoms with van der Waals surface area (Å²) < 4.78 is 0. The van der Waals surface area contributed by atoms with Gasteiger partial charge in [-0.1, -0.05) is 13.3 Å². The molecule has 18 heavy (non-hydrogen) atoms. The minimum Gasteiger partial charge on any atom is -0.312 e. The molecule has 1 saturated carbocycles. The minimum atomic E-state index is 0.810. The highest BCUT2D eigenvalue weighted by atomic mass is 15.2. The Labute approximate surface area is 113 Å². The van der Waals surface area contributed by atoms with Gasteiger partial charge in [0.25, 0.3) is 0 Å². The van der Waals surface area contributed by atoms with E-state index < -0.39 is 0 Å². The van der Waals surface area contributed by atoms with Gasteiger partial charge >= 0.3 is 0 Å². The number of piperidine rings is 1. The van der Waals surface area contributed by atoms with Gasteiger partial charge in [0.15, 0.2) is 0 Å². The molecule has 0 aromatic rings. The maximum Gasteiger partial charge on any atom is 0.0252 e. The van der Waals surface area contributed by atoms with Crippen LogP contribution >= 0.6 is 0 Å². The predicted molar refractivity (Wildman–Crippen MR) is 76.8 cm³/mol. The fraction of sp³-hybridized carbons (Fsp3) is 1.00. The van der Waals surface area contributed by atoms with Crippen LogP contribution in [0.2, 0.25) is 0 Å². The third-order valence-electron chi connectivity index (χ3n) is 5.61. The fourth-order valence-electron chi connectivity index (χ4n) is 4.48. The first-order chi connectivity index (χ1) is 8.84. The van der Waals surface area contributed by atoms with Gasteiger partial charge in [-0.25, -0.2) is 0 Å². The second-order valence-electron chi connectivity index (χ2n) is 6.92. The van der Waals surface area contributed by atoms with E-state index in [1.165, 1.54) is 70.9 Å². The first kappa shape index (κ1) is 12.9. The number of rotatable bonds is 2. The summed E-state index contributed by atoms with van der Waals surface area (Å²) >= 11 is 0. The topological polar surface area (TPSA) is 15.3 Å². The van der Waals surface area contributed by atoms with Crippen molar-refractivity contribution in [3.8, 4) is 0 Å².